The van der Waals surface area contributed by atoms with Crippen molar-refractivity contribution in [2.24, 2.45) is 0 Å². The van der Waals surface area contributed by atoms with Gasteiger partial charge in [-0.1, -0.05) is 17.3 Å². The SMILES string of the molecule is COC[C@H](c1ccnc(NC(=O)[C@@H](NC(=O)c2nocc2C)c2ccc(F)cc2)c1)N1C[C@@H](C(F)(F)F)NC1=O. The summed E-state index contributed by atoms with van der Waals surface area (Å²) in [4.78, 5) is 43.6. The van der Waals surface area contributed by atoms with Gasteiger partial charge in [0.15, 0.2) is 5.69 Å². The largest absolute Gasteiger partial charge is 0.410 e. The highest BCUT2D eigenvalue weighted by Gasteiger charge is 2.48. The highest BCUT2D eigenvalue weighted by molar-refractivity contribution is 6.01. The number of ether oxygens (including phenoxy) is 1. The summed E-state index contributed by atoms with van der Waals surface area (Å²) in [6.45, 7) is 0.809. The van der Waals surface area contributed by atoms with Crippen molar-refractivity contribution in [1.29, 1.82) is 0 Å². The number of alkyl halides is 3. The maximum absolute atomic E-state index is 13.5. The van der Waals surface area contributed by atoms with Gasteiger partial charge in [0.2, 0.25) is 0 Å². The molecule has 3 atom stereocenters. The van der Waals surface area contributed by atoms with E-state index in [0.29, 0.717) is 11.1 Å². The van der Waals surface area contributed by atoms with Crippen molar-refractivity contribution in [2.75, 3.05) is 25.6 Å². The van der Waals surface area contributed by atoms with Crippen LogP contribution in [0.1, 0.15) is 39.3 Å². The first-order valence-electron chi connectivity index (χ1n) is 11.8. The first-order chi connectivity index (χ1) is 19.0. The molecular weight excluding hydrogens is 540 g/mol. The average molecular weight is 564 g/mol. The third kappa shape index (κ3) is 6.36. The van der Waals surface area contributed by atoms with Crippen LogP contribution < -0.4 is 16.0 Å². The highest BCUT2D eigenvalue weighted by Crippen LogP contribution is 2.31. The Labute approximate surface area is 224 Å². The molecule has 4 rings (SSSR count). The number of halogens is 4. The van der Waals surface area contributed by atoms with Crippen molar-refractivity contribution < 1.29 is 41.2 Å². The molecule has 15 heteroatoms. The van der Waals surface area contributed by atoms with E-state index >= 15 is 0 Å². The lowest BCUT2D eigenvalue weighted by Crippen LogP contribution is -2.40. The quantitative estimate of drug-likeness (QED) is 0.339. The summed E-state index contributed by atoms with van der Waals surface area (Å²) in [6, 6.07) is 2.50. The van der Waals surface area contributed by atoms with Gasteiger partial charge in [0.05, 0.1) is 19.2 Å². The number of urea groups is 1. The summed E-state index contributed by atoms with van der Waals surface area (Å²) < 4.78 is 63.1. The number of amides is 4. The van der Waals surface area contributed by atoms with Gasteiger partial charge in [0, 0.05) is 18.9 Å². The number of methoxy groups -OCH3 is 1. The molecule has 0 radical (unpaired) electrons. The second-order valence-electron chi connectivity index (χ2n) is 8.94. The van der Waals surface area contributed by atoms with Gasteiger partial charge in [-0.3, -0.25) is 9.59 Å². The minimum atomic E-state index is -4.64. The fourth-order valence-electron chi connectivity index (χ4n) is 4.12. The number of aromatic nitrogens is 2. The molecule has 11 nitrogen and oxygen atoms in total. The lowest BCUT2D eigenvalue weighted by molar-refractivity contribution is -0.150. The smallest absolute Gasteiger partial charge is 0.382 e. The predicted molar refractivity (Wildman–Crippen MR) is 130 cm³/mol. The molecule has 3 N–H and O–H groups in total. The average Bonchev–Trinajstić information content (AvgIpc) is 3.52. The van der Waals surface area contributed by atoms with Crippen LogP contribution in [0.15, 0.2) is 53.4 Å². The van der Waals surface area contributed by atoms with E-state index in [0.717, 1.165) is 17.0 Å². The standard InChI is InChI=1S/C25H24F4N6O5/c1-13-11-40-34-20(13)22(36)33-21(14-3-5-16(26)6-4-14)23(37)32-19-9-15(7-8-30-19)17(12-39-2)35-10-18(25(27,28)29)31-24(35)38/h3-9,11,17-18,21H,10,12H2,1-2H3,(H,31,38)(H,33,36)(H,30,32,37)/t17-,18+,21+/m1/s1. The van der Waals surface area contributed by atoms with E-state index in [1.54, 1.807) is 6.92 Å². The summed E-state index contributed by atoms with van der Waals surface area (Å²) in [7, 11) is 1.33. The van der Waals surface area contributed by atoms with Gasteiger partial charge in [0.25, 0.3) is 11.8 Å². The zero-order valence-electron chi connectivity index (χ0n) is 21.2. The van der Waals surface area contributed by atoms with Gasteiger partial charge in [-0.25, -0.2) is 14.2 Å². The molecule has 1 aromatic carbocycles. The number of carbonyl (C=O) groups is 3. The van der Waals surface area contributed by atoms with Crippen LogP contribution in [0.25, 0.3) is 0 Å². The van der Waals surface area contributed by atoms with Crippen LogP contribution in [0, 0.1) is 12.7 Å². The number of nitrogens with zero attached hydrogens (tertiary/aromatic N) is 3. The molecule has 3 heterocycles. The molecule has 1 saturated heterocycles. The predicted octanol–water partition coefficient (Wildman–Crippen LogP) is 3.27. The molecule has 1 fully saturated rings. The van der Waals surface area contributed by atoms with Crippen molar-refractivity contribution in [1.82, 2.24) is 25.7 Å². The van der Waals surface area contributed by atoms with Gasteiger partial charge in [-0.15, -0.1) is 0 Å². The molecule has 2 aromatic heterocycles. The Balaban J connectivity index is 1.58. The topological polar surface area (TPSA) is 139 Å². The van der Waals surface area contributed by atoms with E-state index in [1.165, 1.54) is 43.8 Å². The Morgan fingerprint density at radius 3 is 2.55 bits per heavy atom. The van der Waals surface area contributed by atoms with Crippen molar-refractivity contribution in [3.63, 3.8) is 0 Å². The third-order valence-corrected chi connectivity index (χ3v) is 6.16. The Morgan fingerprint density at radius 1 is 1.23 bits per heavy atom. The number of carbonyl (C=O) groups excluding carboxylic acids is 3. The molecule has 212 valence electrons. The normalized spacial score (nSPS) is 16.8. The Bertz CT molecular complexity index is 1380. The number of benzene rings is 1. The van der Waals surface area contributed by atoms with Crippen LogP contribution in [0.3, 0.4) is 0 Å². The molecule has 0 saturated carbocycles. The number of aryl methyl sites for hydroxylation is 1. The molecule has 3 aromatic rings. The fourth-order valence-corrected chi connectivity index (χ4v) is 4.12. The number of hydrogen-bond donors (Lipinski definition) is 3. The molecule has 0 bridgehead atoms. The van der Waals surface area contributed by atoms with Crippen molar-refractivity contribution in [3.8, 4) is 0 Å². The zero-order chi connectivity index (χ0) is 29.0. The number of nitrogens with one attached hydrogen (secondary N) is 3. The third-order valence-electron chi connectivity index (χ3n) is 6.16. The molecule has 1 aliphatic rings. The van der Waals surface area contributed by atoms with Crippen molar-refractivity contribution in [3.05, 3.63) is 77.1 Å². The number of rotatable bonds is 9. The van der Waals surface area contributed by atoms with Crippen LogP contribution in [0.2, 0.25) is 0 Å². The number of anilines is 1. The second-order valence-corrected chi connectivity index (χ2v) is 8.94. The Hall–Kier alpha value is -4.53. The summed E-state index contributed by atoms with van der Waals surface area (Å²) in [5.74, 6) is -2.06. The van der Waals surface area contributed by atoms with Crippen LogP contribution in [-0.2, 0) is 9.53 Å². The Kier molecular flexibility index (Phi) is 8.32. The molecule has 0 aliphatic carbocycles. The Morgan fingerprint density at radius 2 is 1.95 bits per heavy atom. The first-order valence-corrected chi connectivity index (χ1v) is 11.8. The van der Waals surface area contributed by atoms with Gasteiger partial charge >= 0.3 is 12.2 Å². The minimum absolute atomic E-state index is 0.0189. The summed E-state index contributed by atoms with van der Waals surface area (Å²) >= 11 is 0. The summed E-state index contributed by atoms with van der Waals surface area (Å²) in [5, 5.41) is 10.6. The van der Waals surface area contributed by atoms with E-state index in [-0.39, 0.29) is 23.7 Å². The lowest BCUT2D eigenvalue weighted by atomic mass is 10.0. The lowest BCUT2D eigenvalue weighted by Gasteiger charge is -2.27. The van der Waals surface area contributed by atoms with Gasteiger partial charge < -0.3 is 30.1 Å². The van der Waals surface area contributed by atoms with Crippen molar-refractivity contribution in [2.45, 2.75) is 31.2 Å². The summed E-state index contributed by atoms with van der Waals surface area (Å²) in [6.07, 6.45) is -2.08. The highest BCUT2D eigenvalue weighted by atomic mass is 19.4. The van der Waals surface area contributed by atoms with Crippen LogP contribution >= 0.6 is 0 Å². The van der Waals surface area contributed by atoms with E-state index < -0.39 is 54.5 Å². The minimum Gasteiger partial charge on any atom is -0.382 e. The summed E-state index contributed by atoms with van der Waals surface area (Å²) in [5.41, 5.74) is 0.955. The van der Waals surface area contributed by atoms with E-state index in [1.807, 2.05) is 5.32 Å². The van der Waals surface area contributed by atoms with E-state index in [4.69, 9.17) is 9.26 Å². The number of hydrogen-bond acceptors (Lipinski definition) is 7. The fraction of sp³-hybridized carbons (Fsp3) is 0.320. The van der Waals surface area contributed by atoms with Crippen LogP contribution in [0.5, 0.6) is 0 Å². The van der Waals surface area contributed by atoms with E-state index in [9.17, 15) is 31.9 Å². The molecule has 40 heavy (non-hydrogen) atoms. The van der Waals surface area contributed by atoms with Gasteiger partial charge in [-0.05, 0) is 42.3 Å². The van der Waals surface area contributed by atoms with Crippen molar-refractivity contribution >= 4 is 23.7 Å². The number of pyridine rings is 1. The monoisotopic (exact) mass is 564 g/mol. The molecule has 0 unspecified atom stereocenters. The first kappa shape index (κ1) is 28.5. The second kappa shape index (κ2) is 11.7. The van der Waals surface area contributed by atoms with E-state index in [2.05, 4.69) is 20.8 Å². The maximum Gasteiger partial charge on any atom is 0.410 e. The molecule has 0 spiro atoms. The molecule has 1 aliphatic heterocycles. The maximum atomic E-state index is 13.5. The van der Waals surface area contributed by atoms with Crippen LogP contribution in [-0.4, -0.2) is 65.4 Å². The van der Waals surface area contributed by atoms with Gasteiger partial charge in [-0.2, -0.15) is 13.2 Å². The van der Waals surface area contributed by atoms with Crippen LogP contribution in [0.4, 0.5) is 28.2 Å². The molecular formula is C25H24F4N6O5. The molecule has 4 amide bonds. The van der Waals surface area contributed by atoms with Gasteiger partial charge in [0.1, 0.15) is 30.0 Å². The zero-order valence-corrected chi connectivity index (χ0v) is 21.2.